The van der Waals surface area contributed by atoms with Gasteiger partial charge in [-0.15, -0.1) is 11.3 Å². The second-order valence-electron chi connectivity index (χ2n) is 6.30. The minimum atomic E-state index is -0.185. The SMILES string of the molecule is CC(=O)Nc1ccc(NC(=O)c2cc3c(s2)CCCCCC3)cc1Cl. The van der Waals surface area contributed by atoms with Gasteiger partial charge < -0.3 is 10.6 Å². The van der Waals surface area contributed by atoms with Gasteiger partial charge in [0.15, 0.2) is 0 Å². The summed E-state index contributed by atoms with van der Waals surface area (Å²) in [6.45, 7) is 1.43. The predicted octanol–water partition coefficient (Wildman–Crippen LogP) is 5.27. The summed E-state index contributed by atoms with van der Waals surface area (Å²) in [5.41, 5.74) is 2.48. The number of carbonyl (C=O) groups excluding carboxylic acids is 2. The van der Waals surface area contributed by atoms with E-state index in [1.54, 1.807) is 29.5 Å². The van der Waals surface area contributed by atoms with Crippen LogP contribution in [0.3, 0.4) is 0 Å². The highest BCUT2D eigenvalue weighted by Gasteiger charge is 2.16. The van der Waals surface area contributed by atoms with Gasteiger partial charge in [0, 0.05) is 17.5 Å². The lowest BCUT2D eigenvalue weighted by atomic mass is 10.00. The number of hydrogen-bond acceptors (Lipinski definition) is 3. The number of amides is 2. The van der Waals surface area contributed by atoms with E-state index in [1.165, 1.54) is 43.0 Å². The summed E-state index contributed by atoms with van der Waals surface area (Å²) >= 11 is 7.76. The summed E-state index contributed by atoms with van der Waals surface area (Å²) in [6.07, 6.45) is 7.09. The normalized spacial score (nSPS) is 14.2. The first kappa shape index (κ1) is 18.0. The van der Waals surface area contributed by atoms with Crippen LogP contribution in [0.2, 0.25) is 5.02 Å². The van der Waals surface area contributed by atoms with Gasteiger partial charge in [-0.25, -0.2) is 0 Å². The van der Waals surface area contributed by atoms with Crippen molar-refractivity contribution in [3.8, 4) is 0 Å². The number of thiophene rings is 1. The molecule has 0 atom stereocenters. The summed E-state index contributed by atoms with van der Waals surface area (Å²) in [7, 11) is 0. The van der Waals surface area contributed by atoms with E-state index in [4.69, 9.17) is 11.6 Å². The number of halogens is 1. The maximum atomic E-state index is 12.6. The first-order valence-electron chi connectivity index (χ1n) is 8.53. The molecule has 0 spiro atoms. The molecule has 1 aromatic carbocycles. The summed E-state index contributed by atoms with van der Waals surface area (Å²) in [4.78, 5) is 25.8. The van der Waals surface area contributed by atoms with Crippen LogP contribution in [0, 0.1) is 0 Å². The standard InChI is InChI=1S/C19H21ClN2O2S/c1-12(23)21-16-9-8-14(11-15(16)20)22-19(24)18-10-13-6-4-2-3-5-7-17(13)25-18/h8-11H,2-7H2,1H3,(H,21,23)(H,22,24). The number of rotatable bonds is 3. The lowest BCUT2D eigenvalue weighted by Crippen LogP contribution is -2.11. The van der Waals surface area contributed by atoms with Gasteiger partial charge in [0.05, 0.1) is 15.6 Å². The Labute approximate surface area is 156 Å². The topological polar surface area (TPSA) is 58.2 Å². The molecule has 132 valence electrons. The molecule has 1 aromatic heterocycles. The van der Waals surface area contributed by atoms with Gasteiger partial charge in [-0.3, -0.25) is 9.59 Å². The van der Waals surface area contributed by atoms with Crippen LogP contribution in [0.4, 0.5) is 11.4 Å². The van der Waals surface area contributed by atoms with Crippen molar-refractivity contribution in [3.63, 3.8) is 0 Å². The molecule has 0 saturated carbocycles. The van der Waals surface area contributed by atoms with Gasteiger partial charge >= 0.3 is 0 Å². The second-order valence-corrected chi connectivity index (χ2v) is 7.85. The summed E-state index contributed by atoms with van der Waals surface area (Å²) < 4.78 is 0. The van der Waals surface area contributed by atoms with Crippen molar-refractivity contribution < 1.29 is 9.59 Å². The Bertz CT molecular complexity index is 775. The number of hydrogen-bond donors (Lipinski definition) is 2. The smallest absolute Gasteiger partial charge is 0.265 e. The van der Waals surface area contributed by atoms with Crippen LogP contribution in [0.15, 0.2) is 24.3 Å². The van der Waals surface area contributed by atoms with E-state index >= 15 is 0 Å². The van der Waals surface area contributed by atoms with Crippen molar-refractivity contribution in [2.45, 2.75) is 45.4 Å². The van der Waals surface area contributed by atoms with Crippen molar-refractivity contribution in [1.29, 1.82) is 0 Å². The van der Waals surface area contributed by atoms with Crippen LogP contribution in [0.25, 0.3) is 0 Å². The number of nitrogens with one attached hydrogen (secondary N) is 2. The van der Waals surface area contributed by atoms with Gasteiger partial charge in [0.25, 0.3) is 5.91 Å². The number of carbonyl (C=O) groups is 2. The number of benzene rings is 1. The molecule has 0 saturated heterocycles. The molecule has 1 aliphatic rings. The maximum Gasteiger partial charge on any atom is 0.265 e. The fraction of sp³-hybridized carbons (Fsp3) is 0.368. The molecule has 0 aliphatic heterocycles. The van der Waals surface area contributed by atoms with Crippen LogP contribution in [0.1, 0.15) is 52.7 Å². The van der Waals surface area contributed by atoms with Crippen LogP contribution in [-0.2, 0) is 17.6 Å². The highest BCUT2D eigenvalue weighted by Crippen LogP contribution is 2.30. The molecule has 0 unspecified atom stereocenters. The second kappa shape index (κ2) is 8.02. The van der Waals surface area contributed by atoms with Gasteiger partial charge in [-0.05, 0) is 55.5 Å². The van der Waals surface area contributed by atoms with E-state index in [0.29, 0.717) is 16.4 Å². The molecule has 0 fully saturated rings. The third-order valence-electron chi connectivity index (χ3n) is 4.26. The lowest BCUT2D eigenvalue weighted by molar-refractivity contribution is -0.114. The molecule has 2 N–H and O–H groups in total. The van der Waals surface area contributed by atoms with E-state index in [2.05, 4.69) is 10.6 Å². The van der Waals surface area contributed by atoms with Crippen LogP contribution in [-0.4, -0.2) is 11.8 Å². The molecule has 1 aliphatic carbocycles. The zero-order valence-corrected chi connectivity index (χ0v) is 15.7. The molecule has 25 heavy (non-hydrogen) atoms. The van der Waals surface area contributed by atoms with Crippen molar-refractivity contribution in [2.24, 2.45) is 0 Å². The Hall–Kier alpha value is -1.85. The molecule has 0 bridgehead atoms. The van der Waals surface area contributed by atoms with E-state index in [-0.39, 0.29) is 11.8 Å². The molecular formula is C19H21ClN2O2S. The fourth-order valence-electron chi connectivity index (χ4n) is 3.03. The van der Waals surface area contributed by atoms with E-state index in [1.807, 2.05) is 6.07 Å². The highest BCUT2D eigenvalue weighted by molar-refractivity contribution is 7.14. The van der Waals surface area contributed by atoms with Crippen molar-refractivity contribution in [2.75, 3.05) is 10.6 Å². The van der Waals surface area contributed by atoms with Crippen LogP contribution >= 0.6 is 22.9 Å². The number of aryl methyl sites for hydroxylation is 2. The van der Waals surface area contributed by atoms with E-state index < -0.39 is 0 Å². The van der Waals surface area contributed by atoms with Crippen molar-refractivity contribution in [3.05, 3.63) is 44.6 Å². The molecule has 0 radical (unpaired) electrons. The zero-order chi connectivity index (χ0) is 17.8. The maximum absolute atomic E-state index is 12.6. The first-order chi connectivity index (χ1) is 12.0. The minimum absolute atomic E-state index is 0.111. The Morgan fingerprint density at radius 2 is 1.80 bits per heavy atom. The Morgan fingerprint density at radius 3 is 2.52 bits per heavy atom. The van der Waals surface area contributed by atoms with Gasteiger partial charge in [-0.1, -0.05) is 24.4 Å². The first-order valence-corrected chi connectivity index (χ1v) is 9.72. The number of fused-ring (bicyclic) bond motifs is 1. The highest BCUT2D eigenvalue weighted by atomic mass is 35.5. The van der Waals surface area contributed by atoms with Gasteiger partial charge in [-0.2, -0.15) is 0 Å². The number of anilines is 2. The predicted molar refractivity (Wildman–Crippen MR) is 104 cm³/mol. The molecule has 3 rings (SSSR count). The van der Waals surface area contributed by atoms with Crippen molar-refractivity contribution in [1.82, 2.24) is 0 Å². The Kier molecular flexibility index (Phi) is 5.76. The molecule has 6 heteroatoms. The summed E-state index contributed by atoms with van der Waals surface area (Å²) in [6, 6.07) is 7.11. The fourth-order valence-corrected chi connectivity index (χ4v) is 4.41. The molecular weight excluding hydrogens is 356 g/mol. The van der Waals surface area contributed by atoms with Crippen LogP contribution < -0.4 is 10.6 Å². The zero-order valence-electron chi connectivity index (χ0n) is 14.2. The molecule has 4 nitrogen and oxygen atoms in total. The Morgan fingerprint density at radius 1 is 1.04 bits per heavy atom. The monoisotopic (exact) mass is 376 g/mol. The van der Waals surface area contributed by atoms with Gasteiger partial charge in [0.1, 0.15) is 0 Å². The van der Waals surface area contributed by atoms with E-state index in [9.17, 15) is 9.59 Å². The summed E-state index contributed by atoms with van der Waals surface area (Å²) in [5.74, 6) is -0.297. The lowest BCUT2D eigenvalue weighted by Gasteiger charge is -2.08. The molecule has 2 aromatic rings. The third-order valence-corrected chi connectivity index (χ3v) is 5.81. The average Bonchev–Trinajstić information content (AvgIpc) is 2.92. The Balaban J connectivity index is 1.73. The molecule has 2 amide bonds. The molecule has 1 heterocycles. The quantitative estimate of drug-likeness (QED) is 0.766. The largest absolute Gasteiger partial charge is 0.325 e. The third kappa shape index (κ3) is 4.61. The minimum Gasteiger partial charge on any atom is -0.325 e. The van der Waals surface area contributed by atoms with E-state index in [0.717, 1.165) is 17.7 Å². The van der Waals surface area contributed by atoms with Gasteiger partial charge in [0.2, 0.25) is 5.91 Å². The average molecular weight is 377 g/mol. The van der Waals surface area contributed by atoms with Crippen LogP contribution in [0.5, 0.6) is 0 Å². The summed E-state index contributed by atoms with van der Waals surface area (Å²) in [5, 5.41) is 5.94. The van der Waals surface area contributed by atoms with Crippen molar-refractivity contribution >= 4 is 46.1 Å².